The number of benzene rings is 1. The van der Waals surface area contributed by atoms with Gasteiger partial charge in [0.1, 0.15) is 6.54 Å². The molecule has 0 amide bonds. The maximum absolute atomic E-state index is 11.4. The molecule has 0 spiro atoms. The van der Waals surface area contributed by atoms with Gasteiger partial charge in [-0.25, -0.2) is 0 Å². The van der Waals surface area contributed by atoms with Crippen molar-refractivity contribution in [1.29, 1.82) is 0 Å². The van der Waals surface area contributed by atoms with E-state index < -0.39 is 4.92 Å². The third-order valence-electron chi connectivity index (χ3n) is 2.77. The Morgan fingerprint density at radius 1 is 1.47 bits per heavy atom. The average Bonchev–Trinajstić information content (AvgIpc) is 2.37. The number of carbonyl (C=O) groups is 1. The Labute approximate surface area is 112 Å². The zero-order valence-electron chi connectivity index (χ0n) is 11.4. The van der Waals surface area contributed by atoms with Gasteiger partial charge in [-0.3, -0.25) is 14.9 Å². The Bertz CT molecular complexity index is 474. The molecule has 1 aromatic rings. The number of ether oxygens (including phenoxy) is 1. The van der Waals surface area contributed by atoms with Crippen LogP contribution in [0.2, 0.25) is 0 Å². The second-order valence-corrected chi connectivity index (χ2v) is 4.23. The first-order chi connectivity index (χ1) is 8.99. The molecule has 0 bridgehead atoms. The second kappa shape index (κ2) is 6.72. The number of rotatable bonds is 6. The third kappa shape index (κ3) is 3.94. The van der Waals surface area contributed by atoms with Crippen molar-refractivity contribution in [1.82, 2.24) is 0 Å². The minimum atomic E-state index is -0.429. The van der Waals surface area contributed by atoms with Gasteiger partial charge in [0.2, 0.25) is 0 Å². The van der Waals surface area contributed by atoms with Crippen molar-refractivity contribution < 1.29 is 14.5 Å². The quantitative estimate of drug-likeness (QED) is 0.448. The van der Waals surface area contributed by atoms with Gasteiger partial charge in [-0.05, 0) is 25.0 Å². The fraction of sp³-hybridized carbons (Fsp3) is 0.462. The van der Waals surface area contributed by atoms with Crippen LogP contribution in [0, 0.1) is 17.0 Å². The largest absolute Gasteiger partial charge is 0.468 e. The molecule has 0 saturated carbocycles. The van der Waals surface area contributed by atoms with Gasteiger partial charge in [0.05, 0.1) is 12.0 Å². The minimum absolute atomic E-state index is 0.0516. The molecule has 0 heterocycles. The Morgan fingerprint density at radius 3 is 2.63 bits per heavy atom. The number of hydrogen-bond donors (Lipinski definition) is 0. The van der Waals surface area contributed by atoms with Gasteiger partial charge < -0.3 is 9.64 Å². The molecule has 0 N–H and O–H groups in total. The van der Waals surface area contributed by atoms with Crippen LogP contribution in [0.3, 0.4) is 0 Å². The predicted octanol–water partition coefficient (Wildman–Crippen LogP) is 2.29. The molecule has 0 radical (unpaired) electrons. The van der Waals surface area contributed by atoms with Gasteiger partial charge in [0.25, 0.3) is 5.69 Å². The summed E-state index contributed by atoms with van der Waals surface area (Å²) in [6.07, 6.45) is 0.868. The van der Waals surface area contributed by atoms with Crippen molar-refractivity contribution in [2.45, 2.75) is 20.3 Å². The SMILES string of the molecule is CCCN(CC(=O)OC)c1ccc([N+](=O)[O-])cc1C. The summed E-state index contributed by atoms with van der Waals surface area (Å²) in [6, 6.07) is 4.63. The van der Waals surface area contributed by atoms with Crippen molar-refractivity contribution in [3.8, 4) is 0 Å². The van der Waals surface area contributed by atoms with Crippen molar-refractivity contribution in [3.05, 3.63) is 33.9 Å². The Hall–Kier alpha value is -2.11. The van der Waals surface area contributed by atoms with E-state index in [1.54, 1.807) is 13.0 Å². The lowest BCUT2D eigenvalue weighted by Crippen LogP contribution is -2.31. The van der Waals surface area contributed by atoms with Gasteiger partial charge in [-0.2, -0.15) is 0 Å². The van der Waals surface area contributed by atoms with Crippen LogP contribution in [0.1, 0.15) is 18.9 Å². The number of nitro benzene ring substituents is 1. The summed E-state index contributed by atoms with van der Waals surface area (Å²) in [6.45, 7) is 4.63. The lowest BCUT2D eigenvalue weighted by atomic mass is 10.1. The average molecular weight is 266 g/mol. The van der Waals surface area contributed by atoms with Gasteiger partial charge in [0.15, 0.2) is 0 Å². The van der Waals surface area contributed by atoms with Crippen LogP contribution in [-0.2, 0) is 9.53 Å². The number of nitrogens with zero attached hydrogens (tertiary/aromatic N) is 2. The van der Waals surface area contributed by atoms with Crippen LogP contribution in [0.5, 0.6) is 0 Å². The highest BCUT2D eigenvalue weighted by Crippen LogP contribution is 2.24. The molecular formula is C13H18N2O4. The molecule has 19 heavy (non-hydrogen) atoms. The molecule has 104 valence electrons. The number of esters is 1. The minimum Gasteiger partial charge on any atom is -0.468 e. The first-order valence-electron chi connectivity index (χ1n) is 6.06. The topological polar surface area (TPSA) is 72.7 Å². The summed E-state index contributed by atoms with van der Waals surface area (Å²) in [5.41, 5.74) is 1.64. The molecule has 0 saturated heterocycles. The fourth-order valence-corrected chi connectivity index (χ4v) is 1.88. The number of methoxy groups -OCH3 is 1. The summed E-state index contributed by atoms with van der Waals surface area (Å²) >= 11 is 0. The van der Waals surface area contributed by atoms with E-state index >= 15 is 0 Å². The summed E-state index contributed by atoms with van der Waals surface area (Å²) < 4.78 is 4.66. The van der Waals surface area contributed by atoms with E-state index in [1.807, 2.05) is 11.8 Å². The Balaban J connectivity index is 3.02. The van der Waals surface area contributed by atoms with Crippen LogP contribution in [-0.4, -0.2) is 31.1 Å². The Kier molecular flexibility index (Phi) is 5.29. The van der Waals surface area contributed by atoms with E-state index in [9.17, 15) is 14.9 Å². The summed E-state index contributed by atoms with van der Waals surface area (Å²) in [5, 5.41) is 10.7. The number of nitro groups is 1. The lowest BCUT2D eigenvalue weighted by Gasteiger charge is -2.24. The number of anilines is 1. The molecule has 0 atom stereocenters. The molecule has 0 aliphatic carbocycles. The van der Waals surface area contributed by atoms with Crippen molar-refractivity contribution >= 4 is 17.3 Å². The zero-order valence-corrected chi connectivity index (χ0v) is 11.4. The molecule has 0 aliphatic heterocycles. The van der Waals surface area contributed by atoms with Gasteiger partial charge in [-0.1, -0.05) is 6.92 Å². The molecular weight excluding hydrogens is 248 g/mol. The van der Waals surface area contributed by atoms with Crippen LogP contribution < -0.4 is 4.90 Å². The number of hydrogen-bond acceptors (Lipinski definition) is 5. The highest BCUT2D eigenvalue weighted by molar-refractivity contribution is 5.76. The van der Waals surface area contributed by atoms with E-state index in [1.165, 1.54) is 19.2 Å². The molecule has 0 fully saturated rings. The van der Waals surface area contributed by atoms with Crippen LogP contribution in [0.25, 0.3) is 0 Å². The summed E-state index contributed by atoms with van der Waals surface area (Å²) in [5.74, 6) is -0.328. The zero-order chi connectivity index (χ0) is 14.4. The van der Waals surface area contributed by atoms with E-state index in [0.29, 0.717) is 6.54 Å². The smallest absolute Gasteiger partial charge is 0.325 e. The highest BCUT2D eigenvalue weighted by atomic mass is 16.6. The molecule has 6 nitrogen and oxygen atoms in total. The molecule has 1 aromatic carbocycles. The molecule has 0 unspecified atom stereocenters. The van der Waals surface area contributed by atoms with Crippen LogP contribution in [0.15, 0.2) is 18.2 Å². The van der Waals surface area contributed by atoms with Crippen molar-refractivity contribution in [3.63, 3.8) is 0 Å². The lowest BCUT2D eigenvalue weighted by molar-refractivity contribution is -0.384. The predicted molar refractivity (Wildman–Crippen MR) is 72.4 cm³/mol. The second-order valence-electron chi connectivity index (χ2n) is 4.23. The highest BCUT2D eigenvalue weighted by Gasteiger charge is 2.15. The van der Waals surface area contributed by atoms with E-state index in [0.717, 1.165) is 17.7 Å². The van der Waals surface area contributed by atoms with Crippen LogP contribution >= 0.6 is 0 Å². The molecule has 1 rings (SSSR count). The number of non-ortho nitro benzene ring substituents is 1. The molecule has 0 aliphatic rings. The normalized spacial score (nSPS) is 10.1. The van der Waals surface area contributed by atoms with E-state index in [2.05, 4.69) is 4.74 Å². The summed E-state index contributed by atoms with van der Waals surface area (Å²) in [7, 11) is 1.34. The van der Waals surface area contributed by atoms with Gasteiger partial charge in [0, 0.05) is 24.4 Å². The monoisotopic (exact) mass is 266 g/mol. The van der Waals surface area contributed by atoms with Gasteiger partial charge >= 0.3 is 5.97 Å². The Morgan fingerprint density at radius 2 is 2.16 bits per heavy atom. The number of aryl methyl sites for hydroxylation is 1. The summed E-state index contributed by atoms with van der Waals surface area (Å²) in [4.78, 5) is 23.5. The maximum Gasteiger partial charge on any atom is 0.325 e. The standard InChI is InChI=1S/C13H18N2O4/c1-4-7-14(9-13(16)19-3)12-6-5-11(15(17)18)8-10(12)2/h5-6,8H,4,7,9H2,1-3H3. The first-order valence-corrected chi connectivity index (χ1v) is 6.06. The van der Waals surface area contributed by atoms with E-state index in [-0.39, 0.29) is 18.2 Å². The third-order valence-corrected chi connectivity index (χ3v) is 2.77. The number of carbonyl (C=O) groups excluding carboxylic acids is 1. The maximum atomic E-state index is 11.4. The van der Waals surface area contributed by atoms with Crippen molar-refractivity contribution in [2.24, 2.45) is 0 Å². The van der Waals surface area contributed by atoms with Crippen LogP contribution in [0.4, 0.5) is 11.4 Å². The first kappa shape index (κ1) is 14.9. The van der Waals surface area contributed by atoms with E-state index in [4.69, 9.17) is 0 Å². The molecule has 6 heteroatoms. The molecule has 0 aromatic heterocycles. The van der Waals surface area contributed by atoms with Crippen molar-refractivity contribution in [2.75, 3.05) is 25.1 Å². The fourth-order valence-electron chi connectivity index (χ4n) is 1.88. The van der Waals surface area contributed by atoms with Gasteiger partial charge in [-0.15, -0.1) is 0 Å².